The van der Waals surface area contributed by atoms with Crippen molar-refractivity contribution >= 4 is 27.8 Å². The number of ketones is 1. The normalized spacial score (nSPS) is 10.7. The fourth-order valence-electron chi connectivity index (χ4n) is 1.53. The molecule has 0 saturated carbocycles. The molecule has 2 aromatic rings. The zero-order valence-corrected chi connectivity index (χ0v) is 11.1. The molecular weight excluding hydrogens is 292 g/mol. The van der Waals surface area contributed by atoms with Gasteiger partial charge in [0, 0.05) is 10.0 Å². The van der Waals surface area contributed by atoms with Crippen LogP contribution in [-0.2, 0) is 0 Å². The van der Waals surface area contributed by atoms with Gasteiger partial charge in [0.2, 0.25) is 0 Å². The third-order valence-electron chi connectivity index (χ3n) is 2.45. The van der Waals surface area contributed by atoms with E-state index in [0.717, 1.165) is 10.0 Å². The number of phenols is 1. The first kappa shape index (κ1) is 12.6. The van der Waals surface area contributed by atoms with Crippen molar-refractivity contribution in [1.82, 2.24) is 0 Å². The zero-order valence-electron chi connectivity index (χ0n) is 9.51. The lowest BCUT2D eigenvalue weighted by atomic mass is 10.1. The summed E-state index contributed by atoms with van der Waals surface area (Å²) in [4.78, 5) is 11.9. The number of carbonyl (C=O) groups is 1. The molecule has 0 bridgehead atoms. The highest BCUT2D eigenvalue weighted by atomic mass is 79.9. The molecule has 0 fully saturated rings. The summed E-state index contributed by atoms with van der Waals surface area (Å²) in [6.07, 6.45) is 3.24. The summed E-state index contributed by atoms with van der Waals surface area (Å²) in [5.74, 6) is -0.0446. The summed E-state index contributed by atoms with van der Waals surface area (Å²) in [6, 6.07) is 14.0. The minimum atomic E-state index is -0.137. The van der Waals surface area contributed by atoms with Crippen molar-refractivity contribution in [1.29, 1.82) is 0 Å². The highest BCUT2D eigenvalue weighted by Gasteiger charge is 2.02. The van der Waals surface area contributed by atoms with Crippen molar-refractivity contribution in [2.24, 2.45) is 0 Å². The van der Waals surface area contributed by atoms with Crippen LogP contribution in [0.1, 0.15) is 15.9 Å². The van der Waals surface area contributed by atoms with Gasteiger partial charge in [-0.25, -0.2) is 0 Å². The molecule has 0 atom stereocenters. The summed E-state index contributed by atoms with van der Waals surface area (Å²) in [7, 11) is 0. The molecule has 0 aliphatic carbocycles. The maximum Gasteiger partial charge on any atom is 0.185 e. The second-order valence-electron chi connectivity index (χ2n) is 3.77. The Kier molecular flexibility index (Phi) is 3.95. The molecule has 1 N–H and O–H groups in total. The van der Waals surface area contributed by atoms with E-state index in [1.54, 1.807) is 18.2 Å². The molecule has 0 heterocycles. The zero-order chi connectivity index (χ0) is 13.0. The van der Waals surface area contributed by atoms with Gasteiger partial charge < -0.3 is 5.11 Å². The highest BCUT2D eigenvalue weighted by Crippen LogP contribution is 2.18. The van der Waals surface area contributed by atoms with E-state index in [9.17, 15) is 9.90 Å². The van der Waals surface area contributed by atoms with Crippen LogP contribution in [0, 0.1) is 0 Å². The van der Waals surface area contributed by atoms with Gasteiger partial charge in [0.25, 0.3) is 0 Å². The summed E-state index contributed by atoms with van der Waals surface area (Å²) >= 11 is 3.41. The van der Waals surface area contributed by atoms with Crippen LogP contribution < -0.4 is 0 Å². The van der Waals surface area contributed by atoms with Gasteiger partial charge in [-0.2, -0.15) is 0 Å². The van der Waals surface area contributed by atoms with E-state index < -0.39 is 0 Å². The summed E-state index contributed by atoms with van der Waals surface area (Å²) in [6.45, 7) is 0. The van der Waals surface area contributed by atoms with Gasteiger partial charge in [0.1, 0.15) is 5.75 Å². The van der Waals surface area contributed by atoms with Crippen LogP contribution >= 0.6 is 15.9 Å². The maximum absolute atomic E-state index is 11.9. The van der Waals surface area contributed by atoms with Crippen molar-refractivity contribution < 1.29 is 9.90 Å². The lowest BCUT2D eigenvalue weighted by molar-refractivity contribution is 0.104. The molecule has 2 aromatic carbocycles. The van der Waals surface area contributed by atoms with Crippen molar-refractivity contribution in [2.45, 2.75) is 0 Å². The number of phenolic OH excluding ortho intramolecular Hbond substituents is 1. The molecule has 0 spiro atoms. The van der Waals surface area contributed by atoms with Gasteiger partial charge in [-0.3, -0.25) is 4.79 Å². The first-order valence-electron chi connectivity index (χ1n) is 5.43. The molecule has 18 heavy (non-hydrogen) atoms. The minimum Gasteiger partial charge on any atom is -0.508 e. The Morgan fingerprint density at radius 1 is 1.11 bits per heavy atom. The standard InChI is InChI=1S/C15H11BrO2/c16-14-7-2-1-4-11(14)8-9-15(18)12-5-3-6-13(17)10-12/h1-10,17H. The molecule has 2 rings (SSSR count). The second kappa shape index (κ2) is 5.65. The Balaban J connectivity index is 2.20. The van der Waals surface area contributed by atoms with E-state index in [1.807, 2.05) is 24.3 Å². The number of halogens is 1. The van der Waals surface area contributed by atoms with E-state index in [1.165, 1.54) is 18.2 Å². The maximum atomic E-state index is 11.9. The van der Waals surface area contributed by atoms with Gasteiger partial charge in [0.15, 0.2) is 5.78 Å². The SMILES string of the molecule is O=C(C=Cc1ccccc1Br)c1cccc(O)c1. The van der Waals surface area contributed by atoms with Gasteiger partial charge in [-0.05, 0) is 35.9 Å². The van der Waals surface area contributed by atoms with E-state index in [4.69, 9.17) is 0 Å². The van der Waals surface area contributed by atoms with Crippen molar-refractivity contribution in [3.05, 3.63) is 70.2 Å². The third kappa shape index (κ3) is 3.08. The monoisotopic (exact) mass is 302 g/mol. The first-order chi connectivity index (χ1) is 8.66. The Bertz CT molecular complexity index is 603. The topological polar surface area (TPSA) is 37.3 Å². The third-order valence-corrected chi connectivity index (χ3v) is 3.17. The number of allylic oxidation sites excluding steroid dienone is 1. The van der Waals surface area contributed by atoms with E-state index in [2.05, 4.69) is 15.9 Å². The molecule has 0 radical (unpaired) electrons. The minimum absolute atomic E-state index is 0.0927. The van der Waals surface area contributed by atoms with Gasteiger partial charge in [0.05, 0.1) is 0 Å². The quantitative estimate of drug-likeness (QED) is 0.686. The molecule has 0 aliphatic heterocycles. The fourth-order valence-corrected chi connectivity index (χ4v) is 1.95. The number of hydrogen-bond acceptors (Lipinski definition) is 2. The molecular formula is C15H11BrO2. The number of hydrogen-bond donors (Lipinski definition) is 1. The second-order valence-corrected chi connectivity index (χ2v) is 4.62. The van der Waals surface area contributed by atoms with Crippen LogP contribution in [0.25, 0.3) is 6.08 Å². The number of benzene rings is 2. The first-order valence-corrected chi connectivity index (χ1v) is 6.22. The molecule has 2 nitrogen and oxygen atoms in total. The molecule has 0 unspecified atom stereocenters. The smallest absolute Gasteiger partial charge is 0.185 e. The van der Waals surface area contributed by atoms with Crippen LogP contribution in [0.5, 0.6) is 5.75 Å². The van der Waals surface area contributed by atoms with Crippen LogP contribution in [-0.4, -0.2) is 10.9 Å². The van der Waals surface area contributed by atoms with E-state index in [-0.39, 0.29) is 11.5 Å². The average molecular weight is 303 g/mol. The van der Waals surface area contributed by atoms with Gasteiger partial charge in [-0.1, -0.05) is 46.3 Å². The number of rotatable bonds is 3. The van der Waals surface area contributed by atoms with Crippen molar-refractivity contribution in [2.75, 3.05) is 0 Å². The van der Waals surface area contributed by atoms with Gasteiger partial charge >= 0.3 is 0 Å². The van der Waals surface area contributed by atoms with Crippen molar-refractivity contribution in [3.63, 3.8) is 0 Å². The van der Waals surface area contributed by atoms with E-state index >= 15 is 0 Å². The van der Waals surface area contributed by atoms with Crippen LogP contribution in [0.3, 0.4) is 0 Å². The highest BCUT2D eigenvalue weighted by molar-refractivity contribution is 9.10. The molecule has 0 amide bonds. The van der Waals surface area contributed by atoms with Gasteiger partial charge in [-0.15, -0.1) is 0 Å². The van der Waals surface area contributed by atoms with E-state index in [0.29, 0.717) is 5.56 Å². The number of carbonyl (C=O) groups excluding carboxylic acids is 1. The predicted molar refractivity (Wildman–Crippen MR) is 75.6 cm³/mol. The molecule has 0 aliphatic rings. The lowest BCUT2D eigenvalue weighted by Gasteiger charge is -1.98. The largest absolute Gasteiger partial charge is 0.508 e. The Morgan fingerprint density at radius 3 is 2.61 bits per heavy atom. The molecule has 0 saturated heterocycles. The summed E-state index contributed by atoms with van der Waals surface area (Å²) in [5.41, 5.74) is 1.41. The lowest BCUT2D eigenvalue weighted by Crippen LogP contribution is -1.93. The molecule has 90 valence electrons. The predicted octanol–water partition coefficient (Wildman–Crippen LogP) is 4.05. The molecule has 0 aromatic heterocycles. The summed E-state index contributed by atoms with van der Waals surface area (Å²) < 4.78 is 0.935. The average Bonchev–Trinajstić information content (AvgIpc) is 2.37. The van der Waals surface area contributed by atoms with Crippen LogP contribution in [0.2, 0.25) is 0 Å². The van der Waals surface area contributed by atoms with Crippen LogP contribution in [0.15, 0.2) is 59.1 Å². The number of aromatic hydroxyl groups is 1. The Hall–Kier alpha value is -1.87. The fraction of sp³-hybridized carbons (Fsp3) is 0. The van der Waals surface area contributed by atoms with Crippen molar-refractivity contribution in [3.8, 4) is 5.75 Å². The molecule has 3 heteroatoms. The summed E-state index contributed by atoms with van der Waals surface area (Å²) in [5, 5.41) is 9.31. The Labute approximate surface area is 114 Å². The Morgan fingerprint density at radius 2 is 1.89 bits per heavy atom. The van der Waals surface area contributed by atoms with Crippen LogP contribution in [0.4, 0.5) is 0 Å².